The lowest BCUT2D eigenvalue weighted by Gasteiger charge is -2.44. The number of H-pyrrole nitrogens is 1. The van der Waals surface area contributed by atoms with Crippen molar-refractivity contribution in [2.75, 3.05) is 13.2 Å². The third-order valence-corrected chi connectivity index (χ3v) is 4.66. The van der Waals surface area contributed by atoms with Crippen molar-refractivity contribution in [3.63, 3.8) is 0 Å². The lowest BCUT2D eigenvalue weighted by molar-refractivity contribution is -0.142. The van der Waals surface area contributed by atoms with E-state index in [0.29, 0.717) is 11.8 Å². The molecule has 1 aromatic rings. The third-order valence-electron chi connectivity index (χ3n) is 4.66. The normalized spacial score (nSPS) is 27.3. The highest BCUT2D eigenvalue weighted by molar-refractivity contribution is 5.77. The van der Waals surface area contributed by atoms with Gasteiger partial charge in [0.05, 0.1) is 0 Å². The largest absolute Gasteiger partial charge is 0.396 e. The van der Waals surface area contributed by atoms with E-state index in [1.807, 2.05) is 4.90 Å². The molecule has 1 aliphatic carbocycles. The number of aliphatic hydroxyl groups excluding tert-OH is 1. The van der Waals surface area contributed by atoms with Crippen molar-refractivity contribution in [3.8, 4) is 0 Å². The number of aryl methyl sites for hydroxylation is 1. The lowest BCUT2D eigenvalue weighted by atomic mass is 9.91. The van der Waals surface area contributed by atoms with E-state index in [1.165, 1.54) is 17.0 Å². The van der Waals surface area contributed by atoms with E-state index in [4.69, 9.17) is 0 Å². The summed E-state index contributed by atoms with van der Waals surface area (Å²) in [6, 6.07) is 0.255. The van der Waals surface area contributed by atoms with Gasteiger partial charge < -0.3 is 19.6 Å². The fourth-order valence-corrected chi connectivity index (χ4v) is 3.48. The highest BCUT2D eigenvalue weighted by atomic mass is 16.3. The average molecular weight is 293 g/mol. The number of aliphatic hydroxyl groups is 1. The topological polar surface area (TPSA) is 95.4 Å². The maximum Gasteiger partial charge on any atom is 0.316 e. The molecule has 0 bridgehead atoms. The molecule has 2 N–H and O–H groups in total. The van der Waals surface area contributed by atoms with E-state index in [0.717, 1.165) is 19.4 Å². The maximum absolute atomic E-state index is 12.2. The number of amides is 1. The highest BCUT2D eigenvalue weighted by Gasteiger charge is 2.47. The van der Waals surface area contributed by atoms with E-state index >= 15 is 0 Å². The van der Waals surface area contributed by atoms with Crippen LogP contribution in [0, 0.1) is 11.8 Å². The predicted molar refractivity (Wildman–Crippen MR) is 74.7 cm³/mol. The summed E-state index contributed by atoms with van der Waals surface area (Å²) in [5.41, 5.74) is -1.30. The third kappa shape index (κ3) is 2.53. The van der Waals surface area contributed by atoms with Crippen LogP contribution in [-0.4, -0.2) is 44.7 Å². The molecule has 2 heterocycles. The van der Waals surface area contributed by atoms with Crippen molar-refractivity contribution < 1.29 is 9.90 Å². The molecule has 114 valence electrons. The Labute approximate surface area is 121 Å². The Morgan fingerprint density at radius 2 is 2.19 bits per heavy atom. The Bertz CT molecular complexity index is 650. The number of rotatable bonds is 4. The smallest absolute Gasteiger partial charge is 0.316 e. The van der Waals surface area contributed by atoms with E-state index < -0.39 is 11.1 Å². The quantitative estimate of drug-likeness (QED) is 0.707. The number of carbonyl (C=O) groups is 1. The van der Waals surface area contributed by atoms with E-state index in [9.17, 15) is 19.5 Å². The van der Waals surface area contributed by atoms with Crippen molar-refractivity contribution in [2.45, 2.75) is 31.8 Å². The first-order valence-corrected chi connectivity index (χ1v) is 7.28. The van der Waals surface area contributed by atoms with Crippen LogP contribution >= 0.6 is 0 Å². The molecular weight excluding hydrogens is 274 g/mol. The van der Waals surface area contributed by atoms with Gasteiger partial charge in [0, 0.05) is 44.6 Å². The minimum absolute atomic E-state index is 0.0158. The van der Waals surface area contributed by atoms with Crippen LogP contribution in [0.5, 0.6) is 0 Å². The average Bonchev–Trinajstić information content (AvgIpc) is 2.77. The summed E-state index contributed by atoms with van der Waals surface area (Å²) in [7, 11) is 0. The van der Waals surface area contributed by atoms with Gasteiger partial charge in [-0.1, -0.05) is 0 Å². The maximum atomic E-state index is 12.2. The molecule has 7 heteroatoms. The second kappa shape index (κ2) is 5.48. The Morgan fingerprint density at radius 3 is 2.95 bits per heavy atom. The summed E-state index contributed by atoms with van der Waals surface area (Å²) in [6.07, 6.45) is 4.97. The molecule has 1 amide bonds. The van der Waals surface area contributed by atoms with Gasteiger partial charge in [0.15, 0.2) is 0 Å². The number of aromatic nitrogens is 2. The zero-order valence-corrected chi connectivity index (χ0v) is 11.7. The first-order chi connectivity index (χ1) is 10.1. The monoisotopic (exact) mass is 293 g/mol. The van der Waals surface area contributed by atoms with Gasteiger partial charge in [-0.3, -0.25) is 14.4 Å². The standard InChI is InChI=1S/C14H19N3O4/c18-8-9-5-10-7-17(11(10)6-9)12(19)1-3-16-4-2-15-13(20)14(16)21/h2,4,9-11,18H,1,3,5-8H2,(H,15,20)/t9-,10+,11+/m1/s1. The SMILES string of the molecule is O=C(CCn1cc[nH]c(=O)c1=O)N1C[C@@H]2C[C@@H](CO)C[C@@H]21. The Morgan fingerprint density at radius 1 is 1.38 bits per heavy atom. The minimum atomic E-state index is -0.671. The molecule has 0 radical (unpaired) electrons. The van der Waals surface area contributed by atoms with Gasteiger partial charge in [0.1, 0.15) is 0 Å². The number of fused-ring (bicyclic) bond motifs is 1. The second-order valence-electron chi connectivity index (χ2n) is 5.93. The summed E-state index contributed by atoms with van der Waals surface area (Å²) in [4.78, 5) is 39.1. The Hall–Kier alpha value is -1.89. The molecule has 21 heavy (non-hydrogen) atoms. The summed E-state index contributed by atoms with van der Waals surface area (Å²) < 4.78 is 1.26. The van der Waals surface area contributed by atoms with Crippen LogP contribution in [0.2, 0.25) is 0 Å². The summed E-state index contributed by atoms with van der Waals surface area (Å²) >= 11 is 0. The molecule has 0 spiro atoms. The predicted octanol–water partition coefficient (Wildman–Crippen LogP) is -0.844. The molecule has 1 aliphatic heterocycles. The summed E-state index contributed by atoms with van der Waals surface area (Å²) in [6.45, 7) is 1.17. The van der Waals surface area contributed by atoms with Gasteiger partial charge >= 0.3 is 11.1 Å². The van der Waals surface area contributed by atoms with Crippen molar-refractivity contribution >= 4 is 5.91 Å². The zero-order valence-electron chi connectivity index (χ0n) is 11.7. The van der Waals surface area contributed by atoms with Gasteiger partial charge in [-0.15, -0.1) is 0 Å². The van der Waals surface area contributed by atoms with Gasteiger partial charge in [-0.05, 0) is 24.7 Å². The lowest BCUT2D eigenvalue weighted by Crippen LogP contribution is -2.56. The molecule has 1 aromatic heterocycles. The van der Waals surface area contributed by atoms with E-state index in [2.05, 4.69) is 4.98 Å². The number of aromatic amines is 1. The summed E-state index contributed by atoms with van der Waals surface area (Å²) in [5.74, 6) is 0.850. The van der Waals surface area contributed by atoms with Gasteiger partial charge in [0.2, 0.25) is 5.91 Å². The van der Waals surface area contributed by atoms with Gasteiger partial charge in [0.25, 0.3) is 0 Å². The fraction of sp³-hybridized carbons (Fsp3) is 0.643. The summed E-state index contributed by atoms with van der Waals surface area (Å²) in [5, 5.41) is 9.19. The number of hydrogen-bond acceptors (Lipinski definition) is 4. The van der Waals surface area contributed by atoms with Crippen LogP contribution in [0.15, 0.2) is 22.0 Å². The van der Waals surface area contributed by atoms with Gasteiger partial charge in [-0.25, -0.2) is 0 Å². The van der Waals surface area contributed by atoms with Crippen LogP contribution in [0.25, 0.3) is 0 Å². The number of nitrogens with zero attached hydrogens (tertiary/aromatic N) is 2. The van der Waals surface area contributed by atoms with Crippen LogP contribution in [0.1, 0.15) is 19.3 Å². The zero-order chi connectivity index (χ0) is 15.0. The van der Waals surface area contributed by atoms with Gasteiger partial charge in [-0.2, -0.15) is 0 Å². The Balaban J connectivity index is 1.57. The van der Waals surface area contributed by atoms with Crippen LogP contribution < -0.4 is 11.1 Å². The molecule has 0 aromatic carbocycles. The van der Waals surface area contributed by atoms with Crippen LogP contribution in [0.4, 0.5) is 0 Å². The molecular formula is C14H19N3O4. The molecule has 2 fully saturated rings. The number of nitrogens with one attached hydrogen (secondary N) is 1. The first kappa shape index (κ1) is 14.1. The molecule has 7 nitrogen and oxygen atoms in total. The Kier molecular flexibility index (Phi) is 3.67. The number of likely N-dealkylation sites (tertiary alicyclic amines) is 1. The molecule has 3 atom stereocenters. The second-order valence-corrected chi connectivity index (χ2v) is 5.93. The van der Waals surface area contributed by atoms with E-state index in [-0.39, 0.29) is 31.5 Å². The van der Waals surface area contributed by atoms with Crippen molar-refractivity contribution in [1.82, 2.24) is 14.5 Å². The van der Waals surface area contributed by atoms with Crippen molar-refractivity contribution in [1.29, 1.82) is 0 Å². The number of carbonyl (C=O) groups excluding carboxylic acids is 1. The highest BCUT2D eigenvalue weighted by Crippen LogP contribution is 2.42. The fourth-order valence-electron chi connectivity index (χ4n) is 3.48. The van der Waals surface area contributed by atoms with E-state index in [1.54, 1.807) is 0 Å². The number of hydrogen-bond donors (Lipinski definition) is 2. The van der Waals surface area contributed by atoms with Crippen LogP contribution in [-0.2, 0) is 11.3 Å². The van der Waals surface area contributed by atoms with Crippen molar-refractivity contribution in [3.05, 3.63) is 33.1 Å². The first-order valence-electron chi connectivity index (χ1n) is 7.28. The molecule has 0 unspecified atom stereocenters. The van der Waals surface area contributed by atoms with Crippen LogP contribution in [0.3, 0.4) is 0 Å². The molecule has 1 saturated carbocycles. The molecule has 1 saturated heterocycles. The molecule has 2 aliphatic rings. The molecule has 3 rings (SSSR count). The van der Waals surface area contributed by atoms with Crippen molar-refractivity contribution in [2.24, 2.45) is 11.8 Å². The minimum Gasteiger partial charge on any atom is -0.396 e.